The van der Waals surface area contributed by atoms with Crippen LogP contribution in [0.3, 0.4) is 0 Å². The number of rotatable bonds is 8. The lowest BCUT2D eigenvalue weighted by Crippen LogP contribution is -2.42. The first-order valence-electron chi connectivity index (χ1n) is 13.9. The van der Waals surface area contributed by atoms with Gasteiger partial charge in [0.2, 0.25) is 0 Å². The molecule has 204 valence electrons. The Morgan fingerprint density at radius 2 is 1.69 bits per heavy atom. The van der Waals surface area contributed by atoms with E-state index in [1.165, 1.54) is 16.7 Å². The maximum Gasteiger partial charge on any atom is 0.257 e. The van der Waals surface area contributed by atoms with E-state index >= 15 is 0 Å². The van der Waals surface area contributed by atoms with Crippen molar-refractivity contribution in [3.05, 3.63) is 94.5 Å². The van der Waals surface area contributed by atoms with Crippen molar-refractivity contribution >= 4 is 11.6 Å². The van der Waals surface area contributed by atoms with Gasteiger partial charge in [0.25, 0.3) is 5.91 Å². The summed E-state index contributed by atoms with van der Waals surface area (Å²) >= 11 is 0. The number of ether oxygens (including phenoxy) is 2. The quantitative estimate of drug-likeness (QED) is 0.365. The molecule has 0 spiro atoms. The Bertz CT molecular complexity index is 1330. The van der Waals surface area contributed by atoms with Gasteiger partial charge in [-0.25, -0.2) is 5.01 Å². The van der Waals surface area contributed by atoms with E-state index in [1.807, 2.05) is 18.2 Å². The summed E-state index contributed by atoms with van der Waals surface area (Å²) in [6.07, 6.45) is 3.96. The Hall–Kier alpha value is -3.64. The van der Waals surface area contributed by atoms with Crippen molar-refractivity contribution in [3.8, 4) is 11.5 Å². The second-order valence-corrected chi connectivity index (χ2v) is 10.8. The van der Waals surface area contributed by atoms with E-state index < -0.39 is 0 Å². The number of aryl methyl sites for hydroxylation is 2. The predicted molar refractivity (Wildman–Crippen MR) is 156 cm³/mol. The van der Waals surface area contributed by atoms with Crippen LogP contribution in [0.2, 0.25) is 0 Å². The van der Waals surface area contributed by atoms with Crippen LogP contribution in [0, 0.1) is 19.8 Å². The van der Waals surface area contributed by atoms with Crippen molar-refractivity contribution in [2.24, 2.45) is 11.0 Å². The van der Waals surface area contributed by atoms with E-state index in [2.05, 4.69) is 67.3 Å². The molecule has 3 aromatic carbocycles. The number of carbonyl (C=O) groups is 1. The molecule has 2 aliphatic rings. The first kappa shape index (κ1) is 26.9. The van der Waals surface area contributed by atoms with Crippen molar-refractivity contribution in [2.75, 3.05) is 33.9 Å². The number of hydrazone groups is 1. The van der Waals surface area contributed by atoms with Crippen LogP contribution in [0.15, 0.2) is 71.8 Å². The molecule has 0 radical (unpaired) electrons. The van der Waals surface area contributed by atoms with Crippen molar-refractivity contribution in [1.82, 2.24) is 9.91 Å². The summed E-state index contributed by atoms with van der Waals surface area (Å²) < 4.78 is 11.1. The standard InChI is InChI=1S/C33H39N3O3/c1-23-10-11-27(18-24(23)2)30-21-31(29-13-12-28(38-3)20-32(29)39-4)36(34-30)33(37)22-35-16-14-26(15-17-35)19-25-8-6-5-7-9-25/h5-13,18,20,26,31H,14-17,19,21-22H2,1-4H3/t31-/m1/s1. The van der Waals surface area contributed by atoms with Gasteiger partial charge in [-0.05, 0) is 92.6 Å². The molecule has 0 aliphatic carbocycles. The maximum absolute atomic E-state index is 13.8. The first-order chi connectivity index (χ1) is 18.9. The van der Waals surface area contributed by atoms with E-state index in [0.717, 1.165) is 54.9 Å². The van der Waals surface area contributed by atoms with Crippen molar-refractivity contribution in [1.29, 1.82) is 0 Å². The smallest absolute Gasteiger partial charge is 0.257 e. The molecule has 1 amide bonds. The van der Waals surface area contributed by atoms with Crippen molar-refractivity contribution in [2.45, 2.75) is 45.6 Å². The number of nitrogens with zero attached hydrogens (tertiary/aromatic N) is 3. The molecular formula is C33H39N3O3. The third-order valence-electron chi connectivity index (χ3n) is 8.24. The van der Waals surface area contributed by atoms with Crippen LogP contribution < -0.4 is 9.47 Å². The zero-order valence-electron chi connectivity index (χ0n) is 23.5. The first-order valence-corrected chi connectivity index (χ1v) is 13.9. The van der Waals surface area contributed by atoms with Gasteiger partial charge in [-0.15, -0.1) is 0 Å². The van der Waals surface area contributed by atoms with Crippen LogP contribution in [0.5, 0.6) is 11.5 Å². The topological polar surface area (TPSA) is 54.4 Å². The third kappa shape index (κ3) is 6.17. The zero-order chi connectivity index (χ0) is 27.4. The number of benzene rings is 3. The van der Waals surface area contributed by atoms with Crippen LogP contribution >= 0.6 is 0 Å². The number of piperidine rings is 1. The van der Waals surface area contributed by atoms with Gasteiger partial charge >= 0.3 is 0 Å². The molecule has 39 heavy (non-hydrogen) atoms. The van der Waals surface area contributed by atoms with Gasteiger partial charge in [-0.3, -0.25) is 9.69 Å². The number of carbonyl (C=O) groups excluding carboxylic acids is 1. The number of amides is 1. The van der Waals surface area contributed by atoms with Crippen LogP contribution in [-0.2, 0) is 11.2 Å². The lowest BCUT2D eigenvalue weighted by Gasteiger charge is -2.33. The number of likely N-dealkylation sites (tertiary alicyclic amines) is 1. The largest absolute Gasteiger partial charge is 0.497 e. The van der Waals surface area contributed by atoms with Crippen LogP contribution in [0.25, 0.3) is 0 Å². The van der Waals surface area contributed by atoms with Crippen molar-refractivity contribution in [3.63, 3.8) is 0 Å². The van der Waals surface area contributed by atoms with Crippen LogP contribution in [-0.4, -0.2) is 55.4 Å². The Balaban J connectivity index is 1.33. The van der Waals surface area contributed by atoms with Gasteiger partial charge in [0.1, 0.15) is 11.5 Å². The minimum absolute atomic E-state index is 0.0261. The normalized spacial score (nSPS) is 18.2. The third-order valence-corrected chi connectivity index (χ3v) is 8.24. The van der Waals surface area contributed by atoms with Crippen molar-refractivity contribution < 1.29 is 14.3 Å². The number of hydrogen-bond acceptors (Lipinski definition) is 5. The fourth-order valence-electron chi connectivity index (χ4n) is 5.73. The predicted octanol–water partition coefficient (Wildman–Crippen LogP) is 5.95. The average Bonchev–Trinajstić information content (AvgIpc) is 3.41. The molecule has 0 saturated carbocycles. The molecule has 1 saturated heterocycles. The Kier molecular flexibility index (Phi) is 8.32. The molecule has 1 atom stereocenters. The highest BCUT2D eigenvalue weighted by Crippen LogP contribution is 2.39. The van der Waals surface area contributed by atoms with E-state index in [9.17, 15) is 4.79 Å². The molecule has 0 N–H and O–H groups in total. The minimum atomic E-state index is -0.231. The Labute approximate surface area is 232 Å². The maximum atomic E-state index is 13.8. The van der Waals surface area contributed by atoms with Gasteiger partial charge in [-0.2, -0.15) is 5.10 Å². The van der Waals surface area contributed by atoms with Gasteiger partial charge < -0.3 is 9.47 Å². The molecule has 2 heterocycles. The number of methoxy groups -OCH3 is 2. The van der Waals surface area contributed by atoms with E-state index in [1.54, 1.807) is 19.2 Å². The van der Waals surface area contributed by atoms with Gasteiger partial charge in [0.15, 0.2) is 0 Å². The number of hydrogen-bond donors (Lipinski definition) is 0. The molecule has 6 nitrogen and oxygen atoms in total. The zero-order valence-corrected chi connectivity index (χ0v) is 23.5. The van der Waals surface area contributed by atoms with E-state index in [0.29, 0.717) is 24.6 Å². The summed E-state index contributed by atoms with van der Waals surface area (Å²) in [4.78, 5) is 16.1. The van der Waals surface area contributed by atoms with Gasteiger partial charge in [0.05, 0.1) is 32.5 Å². The second kappa shape index (κ2) is 12.0. The highest BCUT2D eigenvalue weighted by Gasteiger charge is 2.36. The molecule has 6 heteroatoms. The second-order valence-electron chi connectivity index (χ2n) is 10.8. The Morgan fingerprint density at radius 3 is 2.38 bits per heavy atom. The van der Waals surface area contributed by atoms with E-state index in [4.69, 9.17) is 14.6 Å². The molecule has 2 aliphatic heterocycles. The highest BCUT2D eigenvalue weighted by molar-refractivity contribution is 6.03. The summed E-state index contributed by atoms with van der Waals surface area (Å²) in [5.41, 5.74) is 6.79. The molecular weight excluding hydrogens is 486 g/mol. The summed E-state index contributed by atoms with van der Waals surface area (Å²) in [5, 5.41) is 6.63. The molecule has 0 unspecified atom stereocenters. The molecule has 0 aromatic heterocycles. The van der Waals surface area contributed by atoms with Crippen LogP contribution in [0.1, 0.15) is 53.1 Å². The SMILES string of the molecule is COc1ccc([C@H]2CC(c3ccc(C)c(C)c3)=NN2C(=O)CN2CCC(Cc3ccccc3)CC2)c(OC)c1. The minimum Gasteiger partial charge on any atom is -0.497 e. The van der Waals surface area contributed by atoms with Crippen LogP contribution in [0.4, 0.5) is 0 Å². The molecule has 0 bridgehead atoms. The molecule has 5 rings (SSSR count). The average molecular weight is 526 g/mol. The summed E-state index contributed by atoms with van der Waals surface area (Å²) in [6, 6.07) is 22.7. The van der Waals surface area contributed by atoms with Gasteiger partial charge in [-0.1, -0.05) is 42.5 Å². The lowest BCUT2D eigenvalue weighted by molar-refractivity contribution is -0.134. The lowest BCUT2D eigenvalue weighted by atomic mass is 9.90. The van der Waals surface area contributed by atoms with Gasteiger partial charge in [0, 0.05) is 18.1 Å². The van der Waals surface area contributed by atoms with E-state index in [-0.39, 0.29) is 11.9 Å². The fraction of sp³-hybridized carbons (Fsp3) is 0.394. The molecule has 1 fully saturated rings. The fourth-order valence-corrected chi connectivity index (χ4v) is 5.73. The summed E-state index contributed by atoms with van der Waals surface area (Å²) in [7, 11) is 3.30. The monoisotopic (exact) mass is 525 g/mol. The Morgan fingerprint density at radius 1 is 0.923 bits per heavy atom. The summed E-state index contributed by atoms with van der Waals surface area (Å²) in [6.45, 7) is 6.46. The highest BCUT2D eigenvalue weighted by atomic mass is 16.5. The molecule has 3 aromatic rings. The summed E-state index contributed by atoms with van der Waals surface area (Å²) in [5.74, 6) is 2.12.